The maximum Gasteiger partial charge on any atom is 0.231 e. The van der Waals surface area contributed by atoms with Crippen LogP contribution in [0.1, 0.15) is 19.4 Å². The van der Waals surface area contributed by atoms with E-state index in [0.29, 0.717) is 42.9 Å². The van der Waals surface area contributed by atoms with Crippen LogP contribution in [0.25, 0.3) is 0 Å². The normalized spacial score (nSPS) is 13.7. The van der Waals surface area contributed by atoms with E-state index in [0.717, 1.165) is 12.1 Å². The molecule has 6 heteroatoms. The molecule has 0 aliphatic carbocycles. The van der Waals surface area contributed by atoms with E-state index in [1.165, 1.54) is 0 Å². The Balaban J connectivity index is 2.17. The van der Waals surface area contributed by atoms with E-state index in [2.05, 4.69) is 13.8 Å². The molecule has 1 aromatic carbocycles. The second-order valence-electron chi connectivity index (χ2n) is 5.72. The topological polar surface area (TPSA) is 90.8 Å². The van der Waals surface area contributed by atoms with Gasteiger partial charge in [0.05, 0.1) is 6.54 Å². The molecule has 1 amide bonds. The van der Waals surface area contributed by atoms with Crippen molar-refractivity contribution in [1.29, 1.82) is 0 Å². The number of fused-ring (bicyclic) bond motifs is 1. The highest BCUT2D eigenvalue weighted by atomic mass is 16.6. The van der Waals surface area contributed by atoms with Crippen molar-refractivity contribution in [2.75, 3.05) is 32.0 Å². The highest BCUT2D eigenvalue weighted by Gasteiger charge is 2.17. The van der Waals surface area contributed by atoms with Gasteiger partial charge in [0.1, 0.15) is 13.2 Å². The summed E-state index contributed by atoms with van der Waals surface area (Å²) in [7, 11) is 0. The molecule has 0 bridgehead atoms. The number of rotatable bonds is 6. The third-order valence-corrected chi connectivity index (χ3v) is 3.20. The summed E-state index contributed by atoms with van der Waals surface area (Å²) < 4.78 is 11.1. The van der Waals surface area contributed by atoms with Gasteiger partial charge in [0.25, 0.3) is 0 Å². The second kappa shape index (κ2) is 6.67. The molecule has 1 aliphatic rings. The molecule has 0 fully saturated rings. The van der Waals surface area contributed by atoms with Gasteiger partial charge in [0, 0.05) is 24.8 Å². The van der Waals surface area contributed by atoms with Crippen LogP contribution in [0.3, 0.4) is 0 Å². The van der Waals surface area contributed by atoms with E-state index in [-0.39, 0.29) is 12.5 Å². The van der Waals surface area contributed by atoms with Crippen molar-refractivity contribution in [3.8, 4) is 11.5 Å². The zero-order chi connectivity index (χ0) is 15.4. The lowest BCUT2D eigenvalue weighted by molar-refractivity contribution is -0.119. The lowest BCUT2D eigenvalue weighted by Gasteiger charge is -2.25. The number of carbonyl (C=O) groups is 1. The molecule has 21 heavy (non-hydrogen) atoms. The number of anilines is 1. The Hall–Kier alpha value is -1.95. The Morgan fingerprint density at radius 2 is 1.90 bits per heavy atom. The number of nitrogens with two attached hydrogens (primary N) is 2. The number of nitrogens with zero attached hydrogens (tertiary/aromatic N) is 1. The van der Waals surface area contributed by atoms with Gasteiger partial charge in [-0.25, -0.2) is 0 Å². The van der Waals surface area contributed by atoms with E-state index in [1.54, 1.807) is 6.07 Å². The van der Waals surface area contributed by atoms with E-state index in [1.807, 2.05) is 11.0 Å². The highest BCUT2D eigenvalue weighted by Crippen LogP contribution is 2.34. The van der Waals surface area contributed by atoms with Crippen molar-refractivity contribution in [3.05, 3.63) is 17.7 Å². The van der Waals surface area contributed by atoms with Crippen LogP contribution in [0.2, 0.25) is 0 Å². The van der Waals surface area contributed by atoms with Crippen LogP contribution in [0.5, 0.6) is 11.5 Å². The molecule has 4 N–H and O–H groups in total. The number of nitrogen functional groups attached to an aromatic ring is 1. The zero-order valence-electron chi connectivity index (χ0n) is 12.6. The van der Waals surface area contributed by atoms with Crippen LogP contribution < -0.4 is 20.9 Å². The lowest BCUT2D eigenvalue weighted by Crippen LogP contribution is -2.36. The predicted molar refractivity (Wildman–Crippen MR) is 81.2 cm³/mol. The molecule has 0 saturated heterocycles. The van der Waals surface area contributed by atoms with Crippen molar-refractivity contribution in [2.24, 2.45) is 11.7 Å². The molecule has 1 aliphatic heterocycles. The first-order valence-corrected chi connectivity index (χ1v) is 7.14. The first-order valence-electron chi connectivity index (χ1n) is 7.14. The number of ether oxygens (including phenoxy) is 2. The molecule has 1 heterocycles. The van der Waals surface area contributed by atoms with Gasteiger partial charge in [0.2, 0.25) is 5.91 Å². The summed E-state index contributed by atoms with van der Waals surface area (Å²) in [5.41, 5.74) is 12.9. The summed E-state index contributed by atoms with van der Waals surface area (Å²) in [6, 6.07) is 3.67. The number of primary amides is 1. The first kappa shape index (κ1) is 15.4. The Morgan fingerprint density at radius 3 is 2.48 bits per heavy atom. The van der Waals surface area contributed by atoms with E-state index < -0.39 is 0 Å². The fraction of sp³-hybridized carbons (Fsp3) is 0.533. The van der Waals surface area contributed by atoms with E-state index in [4.69, 9.17) is 20.9 Å². The minimum absolute atomic E-state index is 0.214. The molecule has 2 rings (SSSR count). The Labute approximate surface area is 125 Å². The summed E-state index contributed by atoms with van der Waals surface area (Å²) in [6.45, 7) is 6.81. The van der Waals surface area contributed by atoms with Gasteiger partial charge < -0.3 is 20.9 Å². The SMILES string of the molecule is CC(C)CN(CC(N)=O)Cc1cc2c(cc1N)OCCO2. The van der Waals surface area contributed by atoms with Crippen LogP contribution in [-0.2, 0) is 11.3 Å². The second-order valence-corrected chi connectivity index (χ2v) is 5.72. The fourth-order valence-corrected chi connectivity index (χ4v) is 2.45. The molecule has 0 radical (unpaired) electrons. The summed E-state index contributed by atoms with van der Waals surface area (Å²) >= 11 is 0. The quantitative estimate of drug-likeness (QED) is 0.763. The van der Waals surface area contributed by atoms with Gasteiger partial charge in [-0.1, -0.05) is 13.8 Å². The number of carbonyl (C=O) groups excluding carboxylic acids is 1. The van der Waals surface area contributed by atoms with E-state index >= 15 is 0 Å². The lowest BCUT2D eigenvalue weighted by atomic mass is 10.1. The van der Waals surface area contributed by atoms with Crippen molar-refractivity contribution >= 4 is 11.6 Å². The molecular formula is C15H23N3O3. The third kappa shape index (κ3) is 4.26. The van der Waals surface area contributed by atoms with E-state index in [9.17, 15) is 4.79 Å². The van der Waals surface area contributed by atoms with Gasteiger partial charge in [-0.2, -0.15) is 0 Å². The minimum Gasteiger partial charge on any atom is -0.486 e. The van der Waals surface area contributed by atoms with Crippen LogP contribution in [-0.4, -0.2) is 37.1 Å². The number of amides is 1. The number of hydrogen-bond acceptors (Lipinski definition) is 5. The fourth-order valence-electron chi connectivity index (χ4n) is 2.45. The van der Waals surface area contributed by atoms with Gasteiger partial charge in [-0.05, 0) is 17.5 Å². The van der Waals surface area contributed by atoms with Gasteiger partial charge >= 0.3 is 0 Å². The molecule has 6 nitrogen and oxygen atoms in total. The Morgan fingerprint density at radius 1 is 1.29 bits per heavy atom. The van der Waals surface area contributed by atoms with Crippen LogP contribution in [0.15, 0.2) is 12.1 Å². The summed E-state index contributed by atoms with van der Waals surface area (Å²) in [5.74, 6) is 1.47. The zero-order valence-corrected chi connectivity index (χ0v) is 12.6. The molecule has 0 aromatic heterocycles. The Bertz CT molecular complexity index is 517. The summed E-state index contributed by atoms with van der Waals surface area (Å²) in [4.78, 5) is 13.2. The maximum absolute atomic E-state index is 11.2. The maximum atomic E-state index is 11.2. The summed E-state index contributed by atoms with van der Waals surface area (Å²) in [6.07, 6.45) is 0. The monoisotopic (exact) mass is 293 g/mol. The number of benzene rings is 1. The molecule has 0 spiro atoms. The minimum atomic E-state index is -0.341. The average molecular weight is 293 g/mol. The first-order chi connectivity index (χ1) is 9.95. The predicted octanol–water partition coefficient (Wildman–Crippen LogP) is 0.983. The molecule has 1 aromatic rings. The third-order valence-electron chi connectivity index (χ3n) is 3.20. The molecule has 116 valence electrons. The van der Waals surface area contributed by atoms with Crippen LogP contribution in [0, 0.1) is 5.92 Å². The van der Waals surface area contributed by atoms with Crippen molar-refractivity contribution in [2.45, 2.75) is 20.4 Å². The van der Waals surface area contributed by atoms with Crippen molar-refractivity contribution < 1.29 is 14.3 Å². The van der Waals surface area contributed by atoms with Gasteiger partial charge in [-0.15, -0.1) is 0 Å². The highest BCUT2D eigenvalue weighted by molar-refractivity contribution is 5.76. The van der Waals surface area contributed by atoms with Crippen LogP contribution in [0.4, 0.5) is 5.69 Å². The summed E-state index contributed by atoms with van der Waals surface area (Å²) in [5, 5.41) is 0. The largest absolute Gasteiger partial charge is 0.486 e. The molecular weight excluding hydrogens is 270 g/mol. The van der Waals surface area contributed by atoms with Gasteiger partial charge in [-0.3, -0.25) is 9.69 Å². The average Bonchev–Trinajstić information content (AvgIpc) is 2.38. The molecule has 0 saturated carbocycles. The van der Waals surface area contributed by atoms with Gasteiger partial charge in [0.15, 0.2) is 11.5 Å². The van der Waals surface area contributed by atoms with Crippen molar-refractivity contribution in [3.63, 3.8) is 0 Å². The smallest absolute Gasteiger partial charge is 0.231 e. The number of hydrogen-bond donors (Lipinski definition) is 2. The van der Waals surface area contributed by atoms with Crippen LogP contribution >= 0.6 is 0 Å². The standard InChI is InChI=1S/C15H23N3O3/c1-10(2)7-18(9-15(17)19)8-11-5-13-14(6-12(11)16)21-4-3-20-13/h5-6,10H,3-4,7-9,16H2,1-2H3,(H2,17,19). The van der Waals surface area contributed by atoms with Crippen molar-refractivity contribution in [1.82, 2.24) is 4.90 Å². The Kier molecular flexibility index (Phi) is 4.90. The molecule has 0 unspecified atom stereocenters. The molecule has 0 atom stereocenters.